The smallest absolute Gasteiger partial charge is 0.378 e. The summed E-state index contributed by atoms with van der Waals surface area (Å²) in [6.07, 6.45) is 3.58. The van der Waals surface area contributed by atoms with Crippen molar-refractivity contribution in [2.24, 2.45) is 5.92 Å². The Morgan fingerprint density at radius 1 is 0.702 bits per heavy atom. The van der Waals surface area contributed by atoms with Gasteiger partial charge < -0.3 is 13.9 Å². The van der Waals surface area contributed by atoms with E-state index in [1.54, 1.807) is 24.5 Å². The Bertz CT molecular complexity index is 2020. The van der Waals surface area contributed by atoms with Crippen molar-refractivity contribution in [3.05, 3.63) is 168 Å². The molecule has 0 saturated heterocycles. The molecule has 6 aromatic rings. The van der Waals surface area contributed by atoms with Crippen LogP contribution in [0.15, 0.2) is 140 Å². The second-order valence-corrected chi connectivity index (χ2v) is 13.1. The Hall–Kier alpha value is -4.93. The summed E-state index contributed by atoms with van der Waals surface area (Å²) < 4.78 is 68.0. The molecule has 0 spiro atoms. The van der Waals surface area contributed by atoms with E-state index in [1.807, 2.05) is 79.2 Å². The minimum absolute atomic E-state index is 0.359. The predicted octanol–water partition coefficient (Wildman–Crippen LogP) is 8.00. The first-order chi connectivity index (χ1) is 22.4. The fraction of sp³-hybridized carbons (Fsp3) is 0.162. The molecule has 1 N–H and O–H groups in total. The highest BCUT2D eigenvalue weighted by Crippen LogP contribution is 2.43. The van der Waals surface area contributed by atoms with Gasteiger partial charge in [-0.15, -0.1) is 0 Å². The zero-order chi connectivity index (χ0) is 33.5. The molecule has 0 radical (unpaired) electrons. The van der Waals surface area contributed by atoms with Crippen LogP contribution in [0.25, 0.3) is 10.8 Å². The van der Waals surface area contributed by atoms with E-state index in [9.17, 15) is 26.7 Å². The molecule has 0 aliphatic carbocycles. The molecule has 1 unspecified atom stereocenters. The third-order valence-electron chi connectivity index (χ3n) is 8.51. The van der Waals surface area contributed by atoms with E-state index in [-0.39, 0.29) is 5.92 Å². The molecular formula is C37H31F3N2O4S. The molecule has 0 saturated carbocycles. The van der Waals surface area contributed by atoms with Gasteiger partial charge in [0.2, 0.25) is 0 Å². The third kappa shape index (κ3) is 5.57. The molecule has 1 aromatic heterocycles. The summed E-state index contributed by atoms with van der Waals surface area (Å²) in [6, 6.07) is 39.0. The molecule has 1 heterocycles. The number of imidazole rings is 1. The predicted molar refractivity (Wildman–Crippen MR) is 174 cm³/mol. The monoisotopic (exact) mass is 656 g/mol. The summed E-state index contributed by atoms with van der Waals surface area (Å²) in [5.41, 5.74) is -4.10. The van der Waals surface area contributed by atoms with Crippen molar-refractivity contribution >= 4 is 20.9 Å². The van der Waals surface area contributed by atoms with E-state index >= 15 is 0 Å². The zero-order valence-corrected chi connectivity index (χ0v) is 26.3. The van der Waals surface area contributed by atoms with E-state index in [0.29, 0.717) is 22.0 Å². The third-order valence-corrected chi connectivity index (χ3v) is 9.49. The average Bonchev–Trinajstić information content (AvgIpc) is 3.56. The summed E-state index contributed by atoms with van der Waals surface area (Å²) in [5.74, 6) is -0.832. The van der Waals surface area contributed by atoms with Crippen LogP contribution in [0.1, 0.15) is 41.8 Å². The number of hydrogen-bond acceptors (Lipinski definition) is 5. The number of aromatic nitrogens is 2. The Labute approximate surface area is 270 Å². The highest BCUT2D eigenvalue weighted by atomic mass is 32.2. The normalized spacial score (nSPS) is 13.9. The van der Waals surface area contributed by atoms with E-state index in [2.05, 4.69) is 40.6 Å². The number of nitrogens with zero attached hydrogens (tertiary/aromatic N) is 2. The molecule has 10 heteroatoms. The molecule has 6 nitrogen and oxygen atoms in total. The molecule has 0 amide bonds. The number of hydrogen-bond donors (Lipinski definition) is 1. The van der Waals surface area contributed by atoms with E-state index in [0.717, 1.165) is 22.8 Å². The van der Waals surface area contributed by atoms with Crippen molar-refractivity contribution in [1.82, 2.24) is 9.55 Å². The van der Waals surface area contributed by atoms with Crippen molar-refractivity contribution in [2.75, 3.05) is 0 Å². The van der Waals surface area contributed by atoms with Gasteiger partial charge in [0.15, 0.2) is 0 Å². The van der Waals surface area contributed by atoms with Crippen LogP contribution in [0.3, 0.4) is 0 Å². The van der Waals surface area contributed by atoms with Crippen molar-refractivity contribution in [3.63, 3.8) is 0 Å². The van der Waals surface area contributed by atoms with Gasteiger partial charge in [-0.1, -0.05) is 123 Å². The molecule has 6 rings (SSSR count). The summed E-state index contributed by atoms with van der Waals surface area (Å²) in [4.78, 5) is 4.81. The Balaban J connectivity index is 1.48. The number of halogens is 3. The quantitative estimate of drug-likeness (QED) is 0.0970. The summed E-state index contributed by atoms with van der Waals surface area (Å²) in [7, 11) is -5.82. The Kier molecular flexibility index (Phi) is 8.19. The summed E-state index contributed by atoms with van der Waals surface area (Å²) >= 11 is 0. The lowest BCUT2D eigenvalue weighted by Gasteiger charge is -2.37. The number of rotatable bonds is 9. The van der Waals surface area contributed by atoms with Crippen molar-refractivity contribution in [2.45, 2.75) is 30.5 Å². The SMILES string of the molecule is CC(C)C(O)(c1ccc2cc(OS(=O)(=O)C(F)(F)F)ccc2c1)c1cn(C(c2ccccc2)(c2ccccc2)c2ccccc2)cn1. The number of benzene rings is 5. The fourth-order valence-corrected chi connectivity index (χ4v) is 6.60. The highest BCUT2D eigenvalue weighted by Gasteiger charge is 2.48. The number of aliphatic hydroxyl groups is 1. The van der Waals surface area contributed by atoms with Crippen LogP contribution >= 0.6 is 0 Å². The van der Waals surface area contributed by atoms with Crippen molar-refractivity contribution < 1.29 is 30.9 Å². The average molecular weight is 657 g/mol. The van der Waals surface area contributed by atoms with Gasteiger partial charge >= 0.3 is 15.6 Å². The standard InChI is InChI=1S/C37H31F3N2O4S/c1-26(2)36(43,32-20-18-28-23-33(21-19-27(28)22-32)46-47(44,45)37(38,39)40)34-24-42(25-41-34)35(29-12-6-3-7-13-29,30-14-8-4-9-15-30)31-16-10-5-11-17-31/h3-26,43H,1-2H3. The molecule has 5 aromatic carbocycles. The van der Waals surface area contributed by atoms with Gasteiger partial charge in [-0.25, -0.2) is 4.98 Å². The fourth-order valence-electron chi connectivity index (χ4n) is 6.15. The largest absolute Gasteiger partial charge is 0.534 e. The molecule has 0 fully saturated rings. The van der Waals surface area contributed by atoms with Gasteiger partial charge in [0, 0.05) is 6.20 Å². The maximum atomic E-state index is 12.9. The lowest BCUT2D eigenvalue weighted by atomic mass is 9.76. The maximum Gasteiger partial charge on any atom is 0.534 e. The minimum atomic E-state index is -5.82. The lowest BCUT2D eigenvalue weighted by molar-refractivity contribution is -0.0500. The molecular weight excluding hydrogens is 625 g/mol. The van der Waals surface area contributed by atoms with Gasteiger partial charge in [0.05, 0.1) is 12.0 Å². The lowest BCUT2D eigenvalue weighted by Crippen LogP contribution is -2.37. The van der Waals surface area contributed by atoms with E-state index in [4.69, 9.17) is 4.98 Å². The van der Waals surface area contributed by atoms with Gasteiger partial charge in [-0.2, -0.15) is 21.6 Å². The van der Waals surface area contributed by atoms with Crippen molar-refractivity contribution in [1.29, 1.82) is 0 Å². The van der Waals surface area contributed by atoms with Crippen molar-refractivity contribution in [3.8, 4) is 5.75 Å². The first-order valence-corrected chi connectivity index (χ1v) is 16.3. The molecule has 1 atom stereocenters. The molecule has 0 aliphatic heterocycles. The summed E-state index contributed by atoms with van der Waals surface area (Å²) in [6.45, 7) is 3.75. The van der Waals surface area contributed by atoms with Gasteiger partial charge in [0.25, 0.3) is 0 Å². The Morgan fingerprint density at radius 2 is 1.19 bits per heavy atom. The number of alkyl halides is 3. The molecule has 47 heavy (non-hydrogen) atoms. The first kappa shape index (κ1) is 32.0. The second-order valence-electron chi connectivity index (χ2n) is 11.6. The second kappa shape index (κ2) is 12.0. The van der Waals surface area contributed by atoms with Crippen LogP contribution < -0.4 is 4.18 Å². The van der Waals surface area contributed by atoms with Crippen LogP contribution in [0.2, 0.25) is 0 Å². The maximum absolute atomic E-state index is 12.9. The van der Waals surface area contributed by atoms with Gasteiger partial charge in [-0.05, 0) is 57.1 Å². The number of fused-ring (bicyclic) bond motifs is 1. The molecule has 240 valence electrons. The topological polar surface area (TPSA) is 81.4 Å². The molecule has 0 bridgehead atoms. The van der Waals surface area contributed by atoms with Crippen LogP contribution in [-0.4, -0.2) is 28.6 Å². The van der Waals surface area contributed by atoms with Gasteiger partial charge in [0.1, 0.15) is 16.9 Å². The first-order valence-electron chi connectivity index (χ1n) is 14.9. The Morgan fingerprint density at radius 3 is 1.68 bits per heavy atom. The van der Waals surface area contributed by atoms with Crippen LogP contribution in [0.4, 0.5) is 13.2 Å². The minimum Gasteiger partial charge on any atom is -0.378 e. The molecule has 0 aliphatic rings. The summed E-state index contributed by atoms with van der Waals surface area (Å²) in [5, 5.41) is 13.5. The van der Waals surface area contributed by atoms with Gasteiger partial charge in [-0.3, -0.25) is 0 Å². The van der Waals surface area contributed by atoms with Crippen LogP contribution in [0.5, 0.6) is 5.75 Å². The van der Waals surface area contributed by atoms with E-state index in [1.165, 1.54) is 12.1 Å². The van der Waals surface area contributed by atoms with Crippen LogP contribution in [0, 0.1) is 5.92 Å². The zero-order valence-electron chi connectivity index (χ0n) is 25.5. The van der Waals surface area contributed by atoms with Crippen LogP contribution in [-0.2, 0) is 21.3 Å². The van der Waals surface area contributed by atoms with E-state index < -0.39 is 32.5 Å². The highest BCUT2D eigenvalue weighted by molar-refractivity contribution is 7.88.